The van der Waals surface area contributed by atoms with Gasteiger partial charge in [0.25, 0.3) is 0 Å². The predicted octanol–water partition coefficient (Wildman–Crippen LogP) is -8.41. The Labute approximate surface area is 517 Å². The number of fused-ring (bicyclic) bond motifs is 3. The van der Waals surface area contributed by atoms with Crippen LogP contribution in [0.5, 0.6) is 0 Å². The maximum atomic E-state index is 14.9. The molecule has 10 rings (SSSR count). The molecule has 0 aromatic rings. The first-order valence-corrected chi connectivity index (χ1v) is 31.1. The number of rotatable bonds is 18. The maximum Gasteiger partial charge on any atom is 0.314 e. The van der Waals surface area contributed by atoms with E-state index in [1.807, 2.05) is 0 Å². The second-order valence-corrected chi connectivity index (χ2v) is 27.6. The van der Waals surface area contributed by atoms with Crippen molar-refractivity contribution in [2.24, 2.45) is 34.0 Å². The van der Waals surface area contributed by atoms with Crippen molar-refractivity contribution in [1.82, 2.24) is 0 Å². The van der Waals surface area contributed by atoms with Gasteiger partial charge in [0.15, 0.2) is 25.2 Å². The van der Waals surface area contributed by atoms with Crippen molar-refractivity contribution in [3.63, 3.8) is 0 Å². The fraction of sp³-hybridized carbons (Fsp3) is 0.948. The van der Waals surface area contributed by atoms with Gasteiger partial charge in [0, 0.05) is 12.5 Å². The van der Waals surface area contributed by atoms with E-state index in [0.29, 0.717) is 56.9 Å². The Bertz CT molecular complexity index is 2450. The molecule has 10 fully saturated rings. The van der Waals surface area contributed by atoms with Crippen LogP contribution in [0.15, 0.2) is 12.2 Å². The van der Waals surface area contributed by atoms with Crippen LogP contribution in [-0.2, 0) is 56.9 Å². The third-order valence-corrected chi connectivity index (χ3v) is 22.3. The molecule has 5 saturated heterocycles. The summed E-state index contributed by atoms with van der Waals surface area (Å²) < 4.78 is 66.9. The zero-order chi connectivity index (χ0) is 65.6. The van der Waals surface area contributed by atoms with Crippen molar-refractivity contribution >= 4 is 5.97 Å². The molecule has 5 aliphatic carbocycles. The van der Waals surface area contributed by atoms with Crippen LogP contribution in [0.3, 0.4) is 0 Å². The summed E-state index contributed by atoms with van der Waals surface area (Å²) in [6.07, 6.45) is -46.2. The number of esters is 1. The highest BCUT2D eigenvalue weighted by Crippen LogP contribution is 2.74. The first-order valence-electron chi connectivity index (χ1n) is 31.1. The molecule has 10 aliphatic rings. The van der Waals surface area contributed by atoms with Gasteiger partial charge in [-0.25, -0.2) is 0 Å². The lowest BCUT2D eigenvalue weighted by molar-refractivity contribution is -0.408. The van der Waals surface area contributed by atoms with Crippen LogP contribution in [0.2, 0.25) is 0 Å². The smallest absolute Gasteiger partial charge is 0.314 e. The molecule has 0 aromatic heterocycles. The molecule has 32 unspecified atom stereocenters. The van der Waals surface area contributed by atoms with Gasteiger partial charge in [0.1, 0.15) is 134 Å². The van der Waals surface area contributed by atoms with Crippen LogP contribution in [-0.4, -0.2) is 331 Å². The predicted molar refractivity (Wildman–Crippen MR) is 292 cm³/mol. The molecule has 2 bridgehead atoms. The molecule has 0 amide bonds. The van der Waals surface area contributed by atoms with E-state index >= 15 is 0 Å². The van der Waals surface area contributed by atoms with E-state index in [-0.39, 0.29) is 24.7 Å². The number of aliphatic hydroxyl groups is 20. The van der Waals surface area contributed by atoms with Gasteiger partial charge in [-0.2, -0.15) is 0 Å². The lowest BCUT2D eigenvalue weighted by Crippen LogP contribution is -2.72. The Balaban J connectivity index is 0.895. The van der Waals surface area contributed by atoms with Crippen molar-refractivity contribution in [2.75, 3.05) is 39.6 Å². The Morgan fingerprint density at radius 3 is 1.67 bits per heavy atom. The highest BCUT2D eigenvalue weighted by atomic mass is 16.8. The Kier molecular flexibility index (Phi) is 21.3. The van der Waals surface area contributed by atoms with Crippen LogP contribution in [0.25, 0.3) is 0 Å². The van der Waals surface area contributed by atoms with Gasteiger partial charge < -0.3 is 154 Å². The molecule has 5 saturated carbocycles. The lowest BCUT2D eigenvalue weighted by atomic mass is 9.41. The minimum absolute atomic E-state index is 0.0982. The average Bonchev–Trinajstić information content (AvgIpc) is 1.42. The van der Waals surface area contributed by atoms with Crippen molar-refractivity contribution < 1.29 is 159 Å². The van der Waals surface area contributed by atoms with Crippen molar-refractivity contribution in [2.45, 2.75) is 268 Å². The zero-order valence-electron chi connectivity index (χ0n) is 50.3. The zero-order valence-corrected chi connectivity index (χ0v) is 50.3. The largest absolute Gasteiger partial charge is 0.432 e. The molecule has 20 N–H and O–H groups in total. The van der Waals surface area contributed by atoms with E-state index in [1.54, 1.807) is 6.92 Å². The van der Waals surface area contributed by atoms with E-state index in [0.717, 1.165) is 0 Å². The highest BCUT2D eigenvalue weighted by Gasteiger charge is 2.71. The van der Waals surface area contributed by atoms with Gasteiger partial charge in [-0.3, -0.25) is 4.79 Å². The molecule has 32 heteroatoms. The van der Waals surface area contributed by atoms with Crippen molar-refractivity contribution in [3.8, 4) is 0 Å². The molecule has 5 aliphatic heterocycles. The number of hydrogen-bond acceptors (Lipinski definition) is 32. The Morgan fingerprint density at radius 1 is 0.511 bits per heavy atom. The molecule has 518 valence electrons. The van der Waals surface area contributed by atoms with Crippen LogP contribution in [0, 0.1) is 34.0 Å². The summed E-state index contributed by atoms with van der Waals surface area (Å²) in [6, 6.07) is 0. The fourth-order valence-electron chi connectivity index (χ4n) is 17.1. The van der Waals surface area contributed by atoms with Crippen LogP contribution in [0.1, 0.15) is 85.0 Å². The standard InChI is InChI=1S/C58H94O32/c1-21-13-57-10-6-29-54(2,8-5-9-55(29,3)53(79)88-50-44(77)45(36(69)26(17-62)84-50)87-49-42(75)39(72)34(67)25(16-61)83-49)30(57)7-11-58(21,20-57)90-52-47(81-23-12-22(14-59)31(64)37(70)32(23)65)56(4,46(78)27(18-63)85-52)89-51-43(76)40(73)35(68)28(86-51)19-80-48-41(74)38(71)33(66)24(15-60)82-48/h22-52,59-78H,1,5-20H2,2-4H3/t22?,23?,24?,25?,26?,27?,28?,29?,30-,31?,32?,33?,34?,35?,36?,37?,38?,39?,40?,41?,42?,43?,44?,45?,46?,47?,48?,49?,50?,51?,52?,54+,55+,56?,57?,58-/m0/s1. The summed E-state index contributed by atoms with van der Waals surface area (Å²) in [6.45, 7) is 4.99. The number of aliphatic hydroxyl groups excluding tert-OH is 20. The quantitative estimate of drug-likeness (QED) is 0.0344. The number of carbonyl (C=O) groups is 1. The van der Waals surface area contributed by atoms with E-state index in [2.05, 4.69) is 13.5 Å². The van der Waals surface area contributed by atoms with Gasteiger partial charge in [0.2, 0.25) is 6.29 Å². The van der Waals surface area contributed by atoms with Gasteiger partial charge >= 0.3 is 5.97 Å². The first-order chi connectivity index (χ1) is 42.4. The number of carbonyl (C=O) groups excluding carboxylic acids is 1. The summed E-state index contributed by atoms with van der Waals surface area (Å²) in [4.78, 5) is 14.9. The lowest BCUT2D eigenvalue weighted by Gasteiger charge is -2.64. The van der Waals surface area contributed by atoms with Gasteiger partial charge in [-0.15, -0.1) is 0 Å². The maximum absolute atomic E-state index is 14.9. The molecule has 32 nitrogen and oxygen atoms in total. The molecular formula is C58H94O32. The second-order valence-electron chi connectivity index (χ2n) is 27.6. The normalized spacial score (nSPS) is 54.8. The van der Waals surface area contributed by atoms with E-state index < -0.39 is 251 Å². The monoisotopic (exact) mass is 1300 g/mol. The summed E-state index contributed by atoms with van der Waals surface area (Å²) >= 11 is 0. The topological polar surface area (TPSA) is 523 Å². The molecule has 0 aromatic carbocycles. The van der Waals surface area contributed by atoms with Crippen LogP contribution in [0.4, 0.5) is 0 Å². The highest BCUT2D eigenvalue weighted by molar-refractivity contribution is 5.77. The minimum Gasteiger partial charge on any atom is -0.432 e. The fourth-order valence-corrected chi connectivity index (χ4v) is 17.1. The van der Waals surface area contributed by atoms with Crippen LogP contribution >= 0.6 is 0 Å². The summed E-state index contributed by atoms with van der Waals surface area (Å²) in [5.74, 6) is -2.26. The van der Waals surface area contributed by atoms with E-state index in [9.17, 15) is 107 Å². The van der Waals surface area contributed by atoms with Crippen molar-refractivity contribution in [1.29, 1.82) is 0 Å². The summed E-state index contributed by atoms with van der Waals surface area (Å²) in [5.41, 5.74) is -5.27. The molecular weight excluding hydrogens is 1210 g/mol. The Morgan fingerprint density at radius 2 is 1.04 bits per heavy atom. The summed E-state index contributed by atoms with van der Waals surface area (Å²) in [7, 11) is 0. The second kappa shape index (κ2) is 27.1. The molecule has 1 spiro atoms. The van der Waals surface area contributed by atoms with Gasteiger partial charge in [-0.1, -0.05) is 19.9 Å². The molecule has 0 radical (unpaired) electrons. The first kappa shape index (κ1) is 70.8. The van der Waals surface area contributed by atoms with E-state index in [1.165, 1.54) is 6.92 Å². The Hall–Kier alpha value is -1.99. The minimum atomic E-state index is -2.32. The van der Waals surface area contributed by atoms with Gasteiger partial charge in [-0.05, 0) is 99.9 Å². The third-order valence-electron chi connectivity index (χ3n) is 22.3. The van der Waals surface area contributed by atoms with E-state index in [4.69, 9.17) is 52.1 Å². The average molecular weight is 1300 g/mol. The molecule has 36 atom stereocenters. The number of hydrogen-bond donors (Lipinski definition) is 20. The summed E-state index contributed by atoms with van der Waals surface area (Å²) in [5, 5.41) is 216. The SMILES string of the molecule is C=C1CC23CCC4[C@](C)(C(=O)OC5OC(CO)C(O)C(OC6OC(CO)C(O)C(O)C6O)C5O)CCC[C@@]4(C)[C@@H]2CC[C@]1(OC1OC(CO)C(O)C(C)(OC2OC(COC4OC(CO)C(O)C(O)C4O)C(O)C(O)C2O)C1OC1CC(CO)C(O)C(O)C1O)C3. The molecule has 5 heterocycles. The third kappa shape index (κ3) is 12.2. The van der Waals surface area contributed by atoms with Gasteiger partial charge in [0.05, 0.1) is 56.3 Å². The molecule has 90 heavy (non-hydrogen) atoms. The number of ether oxygens (including phenoxy) is 11. The van der Waals surface area contributed by atoms with Crippen LogP contribution < -0.4 is 0 Å². The van der Waals surface area contributed by atoms with Crippen molar-refractivity contribution in [3.05, 3.63) is 12.2 Å².